The summed E-state index contributed by atoms with van der Waals surface area (Å²) in [4.78, 5) is 27.5. The molecule has 2 aromatic carbocycles. The first-order valence-electron chi connectivity index (χ1n) is 10.1. The van der Waals surface area contributed by atoms with E-state index in [0.717, 1.165) is 17.1 Å². The van der Waals surface area contributed by atoms with E-state index in [9.17, 15) is 14.9 Å². The van der Waals surface area contributed by atoms with Crippen LogP contribution in [0.15, 0.2) is 54.6 Å². The average Bonchev–Trinajstić information content (AvgIpc) is 2.79. The zero-order valence-electron chi connectivity index (χ0n) is 17.5. The first kappa shape index (κ1) is 20.5. The van der Waals surface area contributed by atoms with E-state index in [1.165, 1.54) is 11.6 Å². The number of nitro benzene ring substituents is 1. The second-order valence-corrected chi connectivity index (χ2v) is 7.63. The second kappa shape index (κ2) is 8.51. The zero-order chi connectivity index (χ0) is 22.0. The van der Waals surface area contributed by atoms with Gasteiger partial charge in [-0.1, -0.05) is 35.9 Å². The fraction of sp³-hybridized carbons (Fsp3) is 0.261. The minimum Gasteiger partial charge on any atom is -0.352 e. The second-order valence-electron chi connectivity index (χ2n) is 7.63. The van der Waals surface area contributed by atoms with Crippen molar-refractivity contribution in [1.82, 2.24) is 15.1 Å². The van der Waals surface area contributed by atoms with Gasteiger partial charge in [0.1, 0.15) is 0 Å². The maximum atomic E-state index is 12.9. The van der Waals surface area contributed by atoms with Gasteiger partial charge in [-0.2, -0.15) is 0 Å². The van der Waals surface area contributed by atoms with E-state index >= 15 is 0 Å². The summed E-state index contributed by atoms with van der Waals surface area (Å²) < 4.78 is 0. The van der Waals surface area contributed by atoms with Gasteiger partial charge in [-0.25, -0.2) is 0 Å². The van der Waals surface area contributed by atoms with Crippen LogP contribution in [0.2, 0.25) is 0 Å². The molecule has 0 atom stereocenters. The van der Waals surface area contributed by atoms with Gasteiger partial charge in [0.15, 0.2) is 5.82 Å². The topological polar surface area (TPSA) is 92.5 Å². The van der Waals surface area contributed by atoms with Crippen molar-refractivity contribution in [3.63, 3.8) is 0 Å². The Hall–Kier alpha value is -3.81. The maximum absolute atomic E-state index is 12.9. The first-order valence-corrected chi connectivity index (χ1v) is 10.1. The van der Waals surface area contributed by atoms with Crippen LogP contribution in [0.5, 0.6) is 0 Å². The smallest absolute Gasteiger partial charge is 0.273 e. The highest BCUT2D eigenvalue weighted by atomic mass is 16.6. The van der Waals surface area contributed by atoms with Crippen molar-refractivity contribution in [3.8, 4) is 11.3 Å². The third kappa shape index (κ3) is 4.23. The third-order valence-corrected chi connectivity index (χ3v) is 5.62. The van der Waals surface area contributed by atoms with Gasteiger partial charge in [0.05, 0.1) is 10.6 Å². The number of carbonyl (C=O) groups excluding carboxylic acids is 1. The number of piperazine rings is 1. The Labute approximate surface area is 180 Å². The average molecular weight is 417 g/mol. The Morgan fingerprint density at radius 2 is 1.65 bits per heavy atom. The molecule has 0 aliphatic carbocycles. The van der Waals surface area contributed by atoms with Crippen LogP contribution in [0, 0.1) is 24.0 Å². The number of aromatic nitrogens is 2. The molecule has 0 N–H and O–H groups in total. The van der Waals surface area contributed by atoms with Crippen LogP contribution in [-0.4, -0.2) is 52.1 Å². The van der Waals surface area contributed by atoms with Gasteiger partial charge in [-0.05, 0) is 32.0 Å². The number of carbonyl (C=O) groups is 1. The van der Waals surface area contributed by atoms with Crippen molar-refractivity contribution in [3.05, 3.63) is 81.4 Å². The molecule has 0 spiro atoms. The van der Waals surface area contributed by atoms with E-state index in [1.54, 1.807) is 24.0 Å². The van der Waals surface area contributed by atoms with Crippen LogP contribution in [-0.2, 0) is 0 Å². The van der Waals surface area contributed by atoms with Crippen molar-refractivity contribution in [2.75, 3.05) is 31.1 Å². The fourth-order valence-corrected chi connectivity index (χ4v) is 3.73. The molecule has 1 fully saturated rings. The lowest BCUT2D eigenvalue weighted by atomic mass is 10.1. The minimum absolute atomic E-state index is 0.0339. The van der Waals surface area contributed by atoms with Crippen molar-refractivity contribution in [2.24, 2.45) is 0 Å². The van der Waals surface area contributed by atoms with Crippen molar-refractivity contribution in [2.45, 2.75) is 13.8 Å². The van der Waals surface area contributed by atoms with E-state index in [-0.39, 0.29) is 11.6 Å². The molecule has 1 saturated heterocycles. The summed E-state index contributed by atoms with van der Waals surface area (Å²) in [5.41, 5.74) is 3.78. The summed E-state index contributed by atoms with van der Waals surface area (Å²) in [5, 5.41) is 19.9. The molecule has 31 heavy (non-hydrogen) atoms. The van der Waals surface area contributed by atoms with Gasteiger partial charge in [0.25, 0.3) is 11.6 Å². The molecule has 2 heterocycles. The van der Waals surface area contributed by atoms with Crippen molar-refractivity contribution < 1.29 is 9.72 Å². The van der Waals surface area contributed by atoms with E-state index in [2.05, 4.69) is 15.1 Å². The van der Waals surface area contributed by atoms with Crippen molar-refractivity contribution >= 4 is 17.4 Å². The Morgan fingerprint density at radius 1 is 0.935 bits per heavy atom. The van der Waals surface area contributed by atoms with E-state index in [0.29, 0.717) is 37.3 Å². The van der Waals surface area contributed by atoms with Gasteiger partial charge in [-0.3, -0.25) is 14.9 Å². The Balaban J connectivity index is 1.42. The summed E-state index contributed by atoms with van der Waals surface area (Å²) in [6.45, 7) is 5.94. The van der Waals surface area contributed by atoms with Gasteiger partial charge in [0, 0.05) is 48.9 Å². The Morgan fingerprint density at radius 3 is 2.26 bits per heavy atom. The predicted octanol–water partition coefficient (Wildman–Crippen LogP) is 3.63. The molecular formula is C23H23N5O3. The molecule has 8 nitrogen and oxygen atoms in total. The predicted molar refractivity (Wildman–Crippen MR) is 118 cm³/mol. The lowest BCUT2D eigenvalue weighted by molar-refractivity contribution is -0.385. The molecule has 0 unspecified atom stereocenters. The molecule has 1 aliphatic rings. The van der Waals surface area contributed by atoms with Gasteiger partial charge in [-0.15, -0.1) is 10.2 Å². The number of anilines is 1. The summed E-state index contributed by atoms with van der Waals surface area (Å²) in [7, 11) is 0. The fourth-order valence-electron chi connectivity index (χ4n) is 3.73. The Bertz CT molecular complexity index is 1110. The van der Waals surface area contributed by atoms with Crippen LogP contribution < -0.4 is 4.90 Å². The summed E-state index contributed by atoms with van der Waals surface area (Å²) in [5.74, 6) is 0.594. The van der Waals surface area contributed by atoms with Crippen LogP contribution in [0.1, 0.15) is 21.5 Å². The number of aryl methyl sites for hydroxylation is 1. The van der Waals surface area contributed by atoms with E-state index in [1.807, 2.05) is 43.3 Å². The van der Waals surface area contributed by atoms with Gasteiger partial charge >= 0.3 is 0 Å². The molecular weight excluding hydrogens is 394 g/mol. The van der Waals surface area contributed by atoms with Gasteiger partial charge in [0.2, 0.25) is 0 Å². The SMILES string of the molecule is Cc1ccc(-c2ccc(N3CCN(C(=O)c4cccc([N+](=O)[O-])c4C)CC3)nn2)cc1. The lowest BCUT2D eigenvalue weighted by Gasteiger charge is -2.35. The molecule has 8 heteroatoms. The molecule has 4 rings (SSSR count). The minimum atomic E-state index is -0.455. The van der Waals surface area contributed by atoms with Crippen LogP contribution in [0.3, 0.4) is 0 Å². The number of benzene rings is 2. The number of hydrogen-bond donors (Lipinski definition) is 0. The largest absolute Gasteiger partial charge is 0.352 e. The molecule has 0 saturated carbocycles. The van der Waals surface area contributed by atoms with Gasteiger partial charge < -0.3 is 9.80 Å². The molecule has 1 amide bonds. The molecule has 1 aromatic heterocycles. The summed E-state index contributed by atoms with van der Waals surface area (Å²) in [6, 6.07) is 16.7. The zero-order valence-corrected chi connectivity index (χ0v) is 17.5. The maximum Gasteiger partial charge on any atom is 0.273 e. The van der Waals surface area contributed by atoms with Crippen molar-refractivity contribution in [1.29, 1.82) is 0 Å². The molecule has 0 radical (unpaired) electrons. The number of rotatable bonds is 4. The Kier molecular flexibility index (Phi) is 5.62. The quantitative estimate of drug-likeness (QED) is 0.475. The number of hydrogen-bond acceptors (Lipinski definition) is 6. The number of nitrogens with zero attached hydrogens (tertiary/aromatic N) is 5. The highest BCUT2D eigenvalue weighted by Gasteiger charge is 2.26. The number of amides is 1. The molecule has 0 bridgehead atoms. The molecule has 1 aliphatic heterocycles. The van der Waals surface area contributed by atoms with Crippen LogP contribution in [0.4, 0.5) is 11.5 Å². The van der Waals surface area contributed by atoms with Crippen LogP contribution in [0.25, 0.3) is 11.3 Å². The molecule has 158 valence electrons. The summed E-state index contributed by atoms with van der Waals surface area (Å²) >= 11 is 0. The third-order valence-electron chi connectivity index (χ3n) is 5.62. The number of nitro groups is 1. The summed E-state index contributed by atoms with van der Waals surface area (Å²) in [6.07, 6.45) is 0. The van der Waals surface area contributed by atoms with E-state index in [4.69, 9.17) is 0 Å². The standard InChI is InChI=1S/C23H23N5O3/c1-16-6-8-18(9-7-16)20-10-11-22(25-24-20)26-12-14-27(15-13-26)23(29)19-4-3-5-21(17(19)2)28(30)31/h3-11H,12-15H2,1-2H3. The highest BCUT2D eigenvalue weighted by molar-refractivity contribution is 5.96. The van der Waals surface area contributed by atoms with Crippen LogP contribution >= 0.6 is 0 Å². The monoisotopic (exact) mass is 417 g/mol. The first-order chi connectivity index (χ1) is 14.9. The normalized spacial score (nSPS) is 13.9. The molecule has 3 aromatic rings. The highest BCUT2D eigenvalue weighted by Crippen LogP contribution is 2.24. The lowest BCUT2D eigenvalue weighted by Crippen LogP contribution is -2.49. The van der Waals surface area contributed by atoms with E-state index < -0.39 is 4.92 Å².